The lowest BCUT2D eigenvalue weighted by Crippen LogP contribution is -1.97. The molecule has 7 heteroatoms. The Balaban J connectivity index is 2.15. The number of carboxylic acids is 1. The molecule has 0 radical (unpaired) electrons. The predicted octanol–water partition coefficient (Wildman–Crippen LogP) is 2.47. The number of ether oxygens (including phenoxy) is 1. The number of aromatic nitrogens is 3. The first-order valence-electron chi connectivity index (χ1n) is 6.02. The number of aromatic carboxylic acids is 1. The fourth-order valence-corrected chi connectivity index (χ4v) is 2.04. The van der Waals surface area contributed by atoms with Crippen LogP contribution in [0.1, 0.15) is 10.4 Å². The maximum absolute atomic E-state index is 13.7. The van der Waals surface area contributed by atoms with Crippen LogP contribution in [0.2, 0.25) is 0 Å². The summed E-state index contributed by atoms with van der Waals surface area (Å²) in [5, 5.41) is 9.12. The van der Waals surface area contributed by atoms with Gasteiger partial charge < -0.3 is 14.8 Å². The van der Waals surface area contributed by atoms with Crippen LogP contribution in [0.4, 0.5) is 4.39 Å². The summed E-state index contributed by atoms with van der Waals surface area (Å²) in [6.07, 6.45) is 1.37. The molecule has 1 aromatic carbocycles. The van der Waals surface area contributed by atoms with Crippen LogP contribution in [0, 0.1) is 5.82 Å². The molecule has 21 heavy (non-hydrogen) atoms. The van der Waals surface area contributed by atoms with E-state index in [0.717, 1.165) is 0 Å². The van der Waals surface area contributed by atoms with Crippen molar-refractivity contribution in [1.82, 2.24) is 15.0 Å². The second kappa shape index (κ2) is 4.86. The molecule has 106 valence electrons. The van der Waals surface area contributed by atoms with Gasteiger partial charge in [-0.2, -0.15) is 0 Å². The fourth-order valence-electron chi connectivity index (χ4n) is 2.04. The maximum atomic E-state index is 13.7. The number of hydrogen-bond acceptors (Lipinski definition) is 4. The average molecular weight is 287 g/mol. The summed E-state index contributed by atoms with van der Waals surface area (Å²) in [5.74, 6) is -1.15. The summed E-state index contributed by atoms with van der Waals surface area (Å²) in [6.45, 7) is 0. The molecule has 0 atom stereocenters. The van der Waals surface area contributed by atoms with Gasteiger partial charge in [0.15, 0.2) is 17.2 Å². The van der Waals surface area contributed by atoms with E-state index < -0.39 is 11.8 Å². The van der Waals surface area contributed by atoms with E-state index in [1.807, 2.05) is 0 Å². The molecule has 0 fully saturated rings. The number of nitrogens with zero attached hydrogens (tertiary/aromatic N) is 2. The van der Waals surface area contributed by atoms with Crippen LogP contribution < -0.4 is 4.74 Å². The summed E-state index contributed by atoms with van der Waals surface area (Å²) < 4.78 is 18.6. The van der Waals surface area contributed by atoms with Crippen LogP contribution in [-0.2, 0) is 0 Å². The maximum Gasteiger partial charge on any atom is 0.338 e. The van der Waals surface area contributed by atoms with Gasteiger partial charge in [-0.05, 0) is 24.3 Å². The number of imidazole rings is 1. The van der Waals surface area contributed by atoms with Crippen molar-refractivity contribution in [2.45, 2.75) is 0 Å². The van der Waals surface area contributed by atoms with Crippen molar-refractivity contribution in [2.24, 2.45) is 0 Å². The molecule has 2 heterocycles. The minimum Gasteiger partial charge on any atom is -0.494 e. The highest BCUT2D eigenvalue weighted by atomic mass is 19.1. The van der Waals surface area contributed by atoms with Gasteiger partial charge in [-0.1, -0.05) is 0 Å². The first-order valence-corrected chi connectivity index (χ1v) is 6.02. The van der Waals surface area contributed by atoms with Crippen molar-refractivity contribution in [3.05, 3.63) is 41.8 Å². The van der Waals surface area contributed by atoms with Gasteiger partial charge in [0, 0.05) is 11.8 Å². The molecule has 0 amide bonds. The van der Waals surface area contributed by atoms with Gasteiger partial charge in [0.1, 0.15) is 5.82 Å². The molecule has 0 bridgehead atoms. The van der Waals surface area contributed by atoms with Gasteiger partial charge in [-0.15, -0.1) is 0 Å². The monoisotopic (exact) mass is 287 g/mol. The summed E-state index contributed by atoms with van der Waals surface area (Å²) in [5.41, 5.74) is 1.10. The molecule has 3 rings (SSSR count). The Labute approximate surface area is 118 Å². The number of methoxy groups -OCH3 is 1. The predicted molar refractivity (Wildman–Crippen MR) is 72.8 cm³/mol. The van der Waals surface area contributed by atoms with Crippen molar-refractivity contribution in [3.63, 3.8) is 0 Å². The summed E-state index contributed by atoms with van der Waals surface area (Å²) in [7, 11) is 1.38. The zero-order valence-corrected chi connectivity index (χ0v) is 10.9. The normalized spacial score (nSPS) is 10.8. The third kappa shape index (κ3) is 2.18. The molecule has 0 unspecified atom stereocenters. The van der Waals surface area contributed by atoms with Gasteiger partial charge in [0.25, 0.3) is 0 Å². The third-order valence-electron chi connectivity index (χ3n) is 3.05. The number of aromatic amines is 1. The minimum atomic E-state index is -1.08. The molecular formula is C14H10FN3O3. The van der Waals surface area contributed by atoms with Gasteiger partial charge in [0.2, 0.25) is 0 Å². The summed E-state index contributed by atoms with van der Waals surface area (Å²) in [6, 6.07) is 5.74. The lowest BCUT2D eigenvalue weighted by molar-refractivity contribution is 0.0698. The first kappa shape index (κ1) is 13.0. The van der Waals surface area contributed by atoms with Crippen molar-refractivity contribution < 1.29 is 19.0 Å². The van der Waals surface area contributed by atoms with Crippen molar-refractivity contribution in [2.75, 3.05) is 7.11 Å². The topological polar surface area (TPSA) is 88.1 Å². The van der Waals surface area contributed by atoms with E-state index in [-0.39, 0.29) is 17.0 Å². The van der Waals surface area contributed by atoms with Crippen LogP contribution in [0.15, 0.2) is 30.5 Å². The van der Waals surface area contributed by atoms with Crippen molar-refractivity contribution >= 4 is 17.1 Å². The molecule has 0 aliphatic carbocycles. The fraction of sp³-hybridized carbons (Fsp3) is 0.0714. The third-order valence-corrected chi connectivity index (χ3v) is 3.05. The summed E-state index contributed by atoms with van der Waals surface area (Å²) >= 11 is 0. The van der Waals surface area contributed by atoms with E-state index in [9.17, 15) is 9.18 Å². The number of nitrogens with one attached hydrogen (secondary N) is 1. The minimum absolute atomic E-state index is 0.0627. The second-order valence-corrected chi connectivity index (χ2v) is 4.30. The zero-order valence-electron chi connectivity index (χ0n) is 10.9. The molecule has 6 nitrogen and oxygen atoms in total. The number of hydrogen-bond donors (Lipinski definition) is 2. The molecule has 0 spiro atoms. The number of benzene rings is 1. The van der Waals surface area contributed by atoms with E-state index in [1.165, 1.54) is 31.5 Å². The van der Waals surface area contributed by atoms with Crippen LogP contribution in [0.3, 0.4) is 0 Å². The van der Waals surface area contributed by atoms with Crippen LogP contribution >= 0.6 is 0 Å². The summed E-state index contributed by atoms with van der Waals surface area (Å²) in [4.78, 5) is 22.2. The average Bonchev–Trinajstić information content (AvgIpc) is 2.90. The number of carbonyl (C=O) groups is 1. The van der Waals surface area contributed by atoms with Crippen molar-refractivity contribution in [1.29, 1.82) is 0 Å². The van der Waals surface area contributed by atoms with E-state index in [1.54, 1.807) is 6.07 Å². The largest absolute Gasteiger partial charge is 0.494 e. The van der Waals surface area contributed by atoms with Crippen LogP contribution in [-0.4, -0.2) is 33.1 Å². The van der Waals surface area contributed by atoms with E-state index in [4.69, 9.17) is 9.84 Å². The standard InChI is InChI=1S/C14H10FN3O3/c1-21-10-3-2-7(6-9(10)15)12-17-11-8(14(19)20)4-5-16-13(11)18-12/h2-6H,1H3,(H,19,20)(H,16,17,18). The molecule has 0 aliphatic rings. The smallest absolute Gasteiger partial charge is 0.338 e. The molecule has 2 aromatic heterocycles. The number of carboxylic acid groups (broad SMARTS) is 1. The first-order chi connectivity index (χ1) is 10.1. The molecule has 3 aromatic rings. The van der Waals surface area contributed by atoms with Gasteiger partial charge >= 0.3 is 5.97 Å². The molecule has 0 saturated heterocycles. The van der Waals surface area contributed by atoms with Gasteiger partial charge in [-0.3, -0.25) is 0 Å². The molecule has 0 saturated carbocycles. The van der Waals surface area contributed by atoms with E-state index >= 15 is 0 Å². The second-order valence-electron chi connectivity index (χ2n) is 4.30. The number of halogens is 1. The zero-order chi connectivity index (χ0) is 15.0. The Morgan fingerprint density at radius 1 is 1.38 bits per heavy atom. The Bertz CT molecular complexity index is 845. The lowest BCUT2D eigenvalue weighted by atomic mass is 10.2. The van der Waals surface area contributed by atoms with E-state index in [2.05, 4.69) is 15.0 Å². The van der Waals surface area contributed by atoms with Gasteiger partial charge in [-0.25, -0.2) is 19.2 Å². The highest BCUT2D eigenvalue weighted by Crippen LogP contribution is 2.25. The Morgan fingerprint density at radius 3 is 2.86 bits per heavy atom. The van der Waals surface area contributed by atoms with Crippen LogP contribution in [0.25, 0.3) is 22.6 Å². The Hall–Kier alpha value is -2.96. The Morgan fingerprint density at radius 2 is 2.19 bits per heavy atom. The van der Waals surface area contributed by atoms with Crippen LogP contribution in [0.5, 0.6) is 5.75 Å². The van der Waals surface area contributed by atoms with Crippen molar-refractivity contribution in [3.8, 4) is 17.1 Å². The molecule has 2 N–H and O–H groups in total. The SMILES string of the molecule is COc1ccc(-c2nc3nccc(C(=O)O)c3[nH]2)cc1F. The number of rotatable bonds is 3. The highest BCUT2D eigenvalue weighted by molar-refractivity contribution is 6.00. The molecular weight excluding hydrogens is 277 g/mol. The van der Waals surface area contributed by atoms with E-state index in [0.29, 0.717) is 16.9 Å². The Kier molecular flexibility index (Phi) is 3.02. The quantitative estimate of drug-likeness (QED) is 0.772. The molecule has 0 aliphatic heterocycles. The van der Waals surface area contributed by atoms with Gasteiger partial charge in [0.05, 0.1) is 18.2 Å². The number of pyridine rings is 1. The highest BCUT2D eigenvalue weighted by Gasteiger charge is 2.15. The number of fused-ring (bicyclic) bond motifs is 1. The number of H-pyrrole nitrogens is 1. The lowest BCUT2D eigenvalue weighted by Gasteiger charge is -2.02.